The van der Waals surface area contributed by atoms with E-state index >= 15 is 0 Å². The van der Waals surface area contributed by atoms with Gasteiger partial charge in [-0.1, -0.05) is 0 Å². The molecule has 142 valence electrons. The molecule has 0 spiro atoms. The molecule has 3 heteroatoms. The first-order chi connectivity index (χ1) is 11.3. The average molecular weight is 458 g/mol. The molecule has 0 aliphatic rings. The molecule has 1 nitrogen and oxygen atoms in total. The molecule has 0 N–H and O–H groups in total. The van der Waals surface area contributed by atoms with Crippen molar-refractivity contribution in [3.63, 3.8) is 0 Å². The molecule has 0 bridgehead atoms. The summed E-state index contributed by atoms with van der Waals surface area (Å²) in [5, 5.41) is 0. The molecule has 0 saturated heterocycles. The van der Waals surface area contributed by atoms with Crippen molar-refractivity contribution < 1.29 is 0 Å². The summed E-state index contributed by atoms with van der Waals surface area (Å²) in [6.07, 6.45) is 10.4. The molecular formula is C21H45NSiSn. The van der Waals surface area contributed by atoms with Crippen LogP contribution in [0, 0.1) is 0 Å². The van der Waals surface area contributed by atoms with Crippen molar-refractivity contribution in [2.75, 3.05) is 13.1 Å². The summed E-state index contributed by atoms with van der Waals surface area (Å²) in [5.41, 5.74) is 0. The first-order valence-corrected chi connectivity index (χ1v) is 21.2. The van der Waals surface area contributed by atoms with Crippen molar-refractivity contribution in [1.82, 2.24) is 4.57 Å². The monoisotopic (exact) mass is 459 g/mol. The van der Waals surface area contributed by atoms with Gasteiger partial charge in [-0.05, 0) is 0 Å². The summed E-state index contributed by atoms with van der Waals surface area (Å²) in [7, 11) is -1.31. The fourth-order valence-electron chi connectivity index (χ4n) is 3.58. The van der Waals surface area contributed by atoms with Crippen LogP contribution >= 0.6 is 0 Å². The third-order valence-electron chi connectivity index (χ3n) is 5.46. The number of hydrogen-bond donors (Lipinski definition) is 0. The fourth-order valence-corrected chi connectivity index (χ4v) is 20.9. The molecule has 0 aromatic carbocycles. The van der Waals surface area contributed by atoms with Crippen molar-refractivity contribution in [1.29, 1.82) is 0 Å². The molecule has 0 atom stereocenters. The van der Waals surface area contributed by atoms with Gasteiger partial charge in [-0.15, -0.1) is 0 Å². The van der Waals surface area contributed by atoms with Crippen molar-refractivity contribution in [3.05, 3.63) is 22.8 Å². The van der Waals surface area contributed by atoms with Gasteiger partial charge < -0.3 is 0 Å². The quantitative estimate of drug-likeness (QED) is 0.185. The van der Waals surface area contributed by atoms with Crippen LogP contribution in [0.4, 0.5) is 0 Å². The second-order valence-corrected chi connectivity index (χ2v) is 27.1. The Kier molecular flexibility index (Phi) is 13.0. The van der Waals surface area contributed by atoms with E-state index in [4.69, 9.17) is 6.58 Å². The fraction of sp³-hybridized carbons (Fsp3) is 0.810. The Hall–Kier alpha value is 0.456. The van der Waals surface area contributed by atoms with Crippen LogP contribution in [-0.4, -0.2) is 44.3 Å². The predicted molar refractivity (Wildman–Crippen MR) is 119 cm³/mol. The SMILES string of the molecule is C=CCN(C[C](=C)[Sn]([CH2]CCC)([CH2]CCC)[CH2]CCC)[Si](C)(C)C. The Morgan fingerprint density at radius 2 is 1.33 bits per heavy atom. The number of hydrogen-bond acceptors (Lipinski definition) is 1. The van der Waals surface area contributed by atoms with Crippen LogP contribution in [0.2, 0.25) is 33.0 Å². The zero-order valence-corrected chi connectivity index (χ0v) is 21.6. The second-order valence-electron chi connectivity index (χ2n) is 8.53. The zero-order valence-electron chi connectivity index (χ0n) is 17.7. The number of unbranched alkanes of at least 4 members (excludes halogenated alkanes) is 3. The van der Waals surface area contributed by atoms with Gasteiger partial charge in [0.15, 0.2) is 0 Å². The summed E-state index contributed by atoms with van der Waals surface area (Å²) in [6.45, 7) is 25.4. The van der Waals surface area contributed by atoms with E-state index in [2.05, 4.69) is 57.6 Å². The third kappa shape index (κ3) is 8.71. The average Bonchev–Trinajstić information content (AvgIpc) is 2.53. The molecule has 0 unspecified atom stereocenters. The van der Waals surface area contributed by atoms with Crippen molar-refractivity contribution in [3.8, 4) is 0 Å². The van der Waals surface area contributed by atoms with E-state index in [1.165, 1.54) is 51.8 Å². The first kappa shape index (κ1) is 24.5. The van der Waals surface area contributed by atoms with Gasteiger partial charge in [0.05, 0.1) is 0 Å². The van der Waals surface area contributed by atoms with E-state index in [1.54, 1.807) is 3.59 Å². The molecule has 0 aromatic heterocycles. The molecule has 0 aliphatic heterocycles. The van der Waals surface area contributed by atoms with E-state index in [9.17, 15) is 0 Å². The van der Waals surface area contributed by atoms with Gasteiger partial charge in [0, 0.05) is 0 Å². The molecule has 0 heterocycles. The molecule has 0 saturated carbocycles. The maximum absolute atomic E-state index is 4.76. The summed E-state index contributed by atoms with van der Waals surface area (Å²) < 4.78 is 9.05. The minimum absolute atomic E-state index is 1.03. The maximum atomic E-state index is 4.76. The molecule has 0 amide bonds. The standard InChI is InChI=1S/C9H18NSi.3C4H9.Sn/c1-6-8-10(9-7-2)11(3,4)5;3*1-3-4-2;/h6H,1-2,8-9H2,3-5H3;3*1,3-4H2,2H3;. The van der Waals surface area contributed by atoms with Gasteiger partial charge in [0.2, 0.25) is 0 Å². The molecule has 0 rings (SSSR count). The van der Waals surface area contributed by atoms with E-state index in [-0.39, 0.29) is 0 Å². The Morgan fingerprint density at radius 1 is 0.917 bits per heavy atom. The van der Waals surface area contributed by atoms with Crippen LogP contribution < -0.4 is 0 Å². The van der Waals surface area contributed by atoms with E-state index < -0.39 is 26.6 Å². The van der Waals surface area contributed by atoms with Gasteiger partial charge in [-0.3, -0.25) is 0 Å². The van der Waals surface area contributed by atoms with E-state index in [0.29, 0.717) is 0 Å². The Bertz CT molecular complexity index is 338. The molecule has 0 radical (unpaired) electrons. The molecule has 0 aromatic rings. The minimum atomic E-state index is -2.27. The van der Waals surface area contributed by atoms with E-state index in [0.717, 1.165) is 13.1 Å². The van der Waals surface area contributed by atoms with Crippen LogP contribution in [0.1, 0.15) is 59.3 Å². The summed E-state index contributed by atoms with van der Waals surface area (Å²) >= 11 is -2.27. The van der Waals surface area contributed by atoms with Crippen molar-refractivity contribution >= 4 is 26.6 Å². The number of rotatable bonds is 15. The van der Waals surface area contributed by atoms with Crippen molar-refractivity contribution in [2.24, 2.45) is 0 Å². The Labute approximate surface area is 158 Å². The molecular weight excluding hydrogens is 413 g/mol. The molecule has 0 aliphatic carbocycles. The predicted octanol–water partition coefficient (Wildman–Crippen LogP) is 7.25. The zero-order chi connectivity index (χ0) is 18.6. The number of nitrogens with zero attached hydrogens (tertiary/aromatic N) is 1. The summed E-state index contributed by atoms with van der Waals surface area (Å²) in [6, 6.07) is 0. The Morgan fingerprint density at radius 3 is 1.62 bits per heavy atom. The van der Waals surface area contributed by atoms with Crippen LogP contribution in [0.5, 0.6) is 0 Å². The molecule has 24 heavy (non-hydrogen) atoms. The molecule has 0 fully saturated rings. The van der Waals surface area contributed by atoms with Gasteiger partial charge >= 0.3 is 159 Å². The van der Waals surface area contributed by atoms with Crippen LogP contribution in [-0.2, 0) is 0 Å². The van der Waals surface area contributed by atoms with Gasteiger partial charge in [0.25, 0.3) is 0 Å². The topological polar surface area (TPSA) is 3.24 Å². The van der Waals surface area contributed by atoms with Crippen LogP contribution in [0.15, 0.2) is 22.8 Å². The summed E-state index contributed by atoms with van der Waals surface area (Å²) in [4.78, 5) is 0. The van der Waals surface area contributed by atoms with Crippen molar-refractivity contribution in [2.45, 2.75) is 92.2 Å². The Balaban J connectivity index is 5.37. The van der Waals surface area contributed by atoms with Gasteiger partial charge in [-0.25, -0.2) is 0 Å². The second kappa shape index (κ2) is 12.8. The normalized spacial score (nSPS) is 12.6. The van der Waals surface area contributed by atoms with Gasteiger partial charge in [-0.2, -0.15) is 0 Å². The van der Waals surface area contributed by atoms with E-state index in [1.807, 2.05) is 0 Å². The summed E-state index contributed by atoms with van der Waals surface area (Å²) in [5.74, 6) is 0. The first-order valence-electron chi connectivity index (χ1n) is 10.3. The van der Waals surface area contributed by atoms with Crippen LogP contribution in [0.3, 0.4) is 0 Å². The third-order valence-corrected chi connectivity index (χ3v) is 23.6. The van der Waals surface area contributed by atoms with Crippen LogP contribution in [0.25, 0.3) is 0 Å². The van der Waals surface area contributed by atoms with Gasteiger partial charge in [0.1, 0.15) is 0 Å².